The van der Waals surface area contributed by atoms with Crippen molar-refractivity contribution in [2.45, 2.75) is 20.0 Å². The minimum absolute atomic E-state index is 0.0602. The summed E-state index contributed by atoms with van der Waals surface area (Å²) in [6.45, 7) is 3.22. The highest BCUT2D eigenvalue weighted by Crippen LogP contribution is 2.17. The van der Waals surface area contributed by atoms with Crippen molar-refractivity contribution < 1.29 is 4.74 Å². The van der Waals surface area contributed by atoms with E-state index in [1.165, 1.54) is 11.7 Å². The first-order chi connectivity index (χ1) is 10.1. The van der Waals surface area contributed by atoms with Gasteiger partial charge in [-0.3, -0.25) is 19.0 Å². The zero-order valence-corrected chi connectivity index (χ0v) is 11.9. The smallest absolute Gasteiger partial charge is 0.330 e. The average molecular weight is 294 g/mol. The van der Waals surface area contributed by atoms with Gasteiger partial charge in [-0.1, -0.05) is 0 Å². The summed E-state index contributed by atoms with van der Waals surface area (Å²) in [6, 6.07) is 0. The van der Waals surface area contributed by atoms with Gasteiger partial charge in [0.1, 0.15) is 11.5 Å². The molecule has 21 heavy (non-hydrogen) atoms. The Hall–Kier alpha value is -2.55. The van der Waals surface area contributed by atoms with E-state index in [9.17, 15) is 9.59 Å². The van der Waals surface area contributed by atoms with E-state index in [1.54, 1.807) is 17.1 Å². The molecule has 0 aromatic carbocycles. The molecular formula is C12H18N6O3. The van der Waals surface area contributed by atoms with Crippen molar-refractivity contribution >= 4 is 17.2 Å². The maximum Gasteiger partial charge on any atom is 0.330 e. The van der Waals surface area contributed by atoms with Crippen molar-refractivity contribution in [2.75, 3.05) is 24.8 Å². The number of aromatic amines is 1. The van der Waals surface area contributed by atoms with Gasteiger partial charge >= 0.3 is 5.69 Å². The zero-order chi connectivity index (χ0) is 15.4. The Kier molecular flexibility index (Phi) is 4.43. The molecule has 114 valence electrons. The molecule has 2 aromatic heterocycles. The van der Waals surface area contributed by atoms with Crippen molar-refractivity contribution in [3.63, 3.8) is 0 Å². The van der Waals surface area contributed by atoms with Crippen molar-refractivity contribution in [3.05, 3.63) is 33.2 Å². The number of rotatable bonds is 6. The summed E-state index contributed by atoms with van der Waals surface area (Å²) in [5, 5.41) is 6.98. The SMILES string of the molecule is CCn1cc(Nc2c(N)n(CCOC)c(=O)[nH]c2=O)cn1. The molecule has 0 saturated heterocycles. The number of aromatic nitrogens is 4. The van der Waals surface area contributed by atoms with Gasteiger partial charge in [0, 0.05) is 19.9 Å². The molecular weight excluding hydrogens is 276 g/mol. The number of ether oxygens (including phenoxy) is 1. The van der Waals surface area contributed by atoms with Crippen LogP contribution in [0.15, 0.2) is 22.0 Å². The number of nitrogens with zero attached hydrogens (tertiary/aromatic N) is 3. The van der Waals surface area contributed by atoms with Gasteiger partial charge in [0.25, 0.3) is 5.56 Å². The summed E-state index contributed by atoms with van der Waals surface area (Å²) in [5.74, 6) is 0.0602. The lowest BCUT2D eigenvalue weighted by Crippen LogP contribution is -2.34. The van der Waals surface area contributed by atoms with Crippen molar-refractivity contribution in [1.82, 2.24) is 19.3 Å². The van der Waals surface area contributed by atoms with E-state index in [4.69, 9.17) is 10.5 Å². The topological polar surface area (TPSA) is 120 Å². The van der Waals surface area contributed by atoms with E-state index in [1.807, 2.05) is 6.92 Å². The molecule has 0 fully saturated rings. The van der Waals surface area contributed by atoms with Gasteiger partial charge < -0.3 is 15.8 Å². The number of aryl methyl sites for hydroxylation is 1. The average Bonchev–Trinajstić information content (AvgIpc) is 2.91. The van der Waals surface area contributed by atoms with E-state index in [0.717, 1.165) is 0 Å². The zero-order valence-electron chi connectivity index (χ0n) is 11.9. The molecule has 0 spiro atoms. The maximum absolute atomic E-state index is 11.9. The van der Waals surface area contributed by atoms with Crippen LogP contribution in [0.1, 0.15) is 6.92 Å². The second kappa shape index (κ2) is 6.27. The molecule has 0 atom stereocenters. The second-order valence-corrected chi connectivity index (χ2v) is 4.37. The highest BCUT2D eigenvalue weighted by molar-refractivity contribution is 5.68. The minimum atomic E-state index is -0.574. The molecule has 0 unspecified atom stereocenters. The number of hydrogen-bond donors (Lipinski definition) is 3. The second-order valence-electron chi connectivity index (χ2n) is 4.37. The lowest BCUT2D eigenvalue weighted by Gasteiger charge is -2.12. The number of methoxy groups -OCH3 is 1. The summed E-state index contributed by atoms with van der Waals surface area (Å²) >= 11 is 0. The summed E-state index contributed by atoms with van der Waals surface area (Å²) in [7, 11) is 1.52. The van der Waals surface area contributed by atoms with Gasteiger partial charge in [-0.2, -0.15) is 5.10 Å². The predicted molar refractivity (Wildman–Crippen MR) is 78.8 cm³/mol. The fraction of sp³-hybridized carbons (Fsp3) is 0.417. The monoisotopic (exact) mass is 294 g/mol. The molecule has 0 saturated carbocycles. The number of nitrogen functional groups attached to an aromatic ring is 1. The Morgan fingerprint density at radius 2 is 2.24 bits per heavy atom. The Balaban J connectivity index is 2.38. The number of nitrogens with one attached hydrogen (secondary N) is 2. The Bertz CT molecular complexity index is 729. The first-order valence-electron chi connectivity index (χ1n) is 6.47. The number of anilines is 3. The van der Waals surface area contributed by atoms with Gasteiger partial charge in [-0.25, -0.2) is 4.79 Å². The highest BCUT2D eigenvalue weighted by Gasteiger charge is 2.13. The van der Waals surface area contributed by atoms with Crippen LogP contribution >= 0.6 is 0 Å². The fourth-order valence-corrected chi connectivity index (χ4v) is 1.86. The Morgan fingerprint density at radius 3 is 2.86 bits per heavy atom. The number of nitrogens with two attached hydrogens (primary N) is 1. The summed E-state index contributed by atoms with van der Waals surface area (Å²) < 4.78 is 7.87. The fourth-order valence-electron chi connectivity index (χ4n) is 1.86. The molecule has 0 radical (unpaired) electrons. The van der Waals surface area contributed by atoms with Crippen LogP contribution in [0.25, 0.3) is 0 Å². The van der Waals surface area contributed by atoms with Crippen molar-refractivity contribution in [3.8, 4) is 0 Å². The van der Waals surface area contributed by atoms with Gasteiger partial charge in [0.15, 0.2) is 0 Å². The van der Waals surface area contributed by atoms with E-state index in [-0.39, 0.29) is 18.1 Å². The third kappa shape index (κ3) is 3.14. The Labute approximate surface area is 120 Å². The molecule has 4 N–H and O–H groups in total. The van der Waals surface area contributed by atoms with E-state index < -0.39 is 11.2 Å². The highest BCUT2D eigenvalue weighted by atomic mass is 16.5. The van der Waals surface area contributed by atoms with Crippen LogP contribution in [0.3, 0.4) is 0 Å². The molecule has 0 aliphatic carbocycles. The molecule has 2 heterocycles. The van der Waals surface area contributed by atoms with Crippen LogP contribution in [0.5, 0.6) is 0 Å². The normalized spacial score (nSPS) is 10.8. The van der Waals surface area contributed by atoms with Crippen LogP contribution in [-0.4, -0.2) is 33.0 Å². The number of H-pyrrole nitrogens is 1. The van der Waals surface area contributed by atoms with Crippen LogP contribution in [-0.2, 0) is 17.8 Å². The third-order valence-electron chi connectivity index (χ3n) is 2.99. The molecule has 9 nitrogen and oxygen atoms in total. The standard InChI is InChI=1S/C12H18N6O3/c1-3-17-7-8(6-14-17)15-9-10(13)18(4-5-21-2)12(20)16-11(9)19/h6-7,15H,3-5,13H2,1-2H3,(H,16,19,20). The summed E-state index contributed by atoms with van der Waals surface area (Å²) in [5.41, 5.74) is 5.50. The lowest BCUT2D eigenvalue weighted by molar-refractivity contribution is 0.186. The molecule has 2 rings (SSSR count). The molecule has 0 aliphatic heterocycles. The lowest BCUT2D eigenvalue weighted by atomic mass is 10.4. The van der Waals surface area contributed by atoms with Crippen molar-refractivity contribution in [1.29, 1.82) is 0 Å². The first kappa shape index (κ1) is 14.9. The molecule has 2 aromatic rings. The molecule has 0 amide bonds. The first-order valence-corrected chi connectivity index (χ1v) is 6.47. The minimum Gasteiger partial charge on any atom is -0.383 e. The molecule has 9 heteroatoms. The largest absolute Gasteiger partial charge is 0.383 e. The van der Waals surface area contributed by atoms with Crippen LogP contribution < -0.4 is 22.3 Å². The van der Waals surface area contributed by atoms with Gasteiger partial charge in [-0.05, 0) is 6.92 Å². The van der Waals surface area contributed by atoms with Gasteiger partial charge in [0.05, 0.1) is 25.0 Å². The van der Waals surface area contributed by atoms with Crippen LogP contribution in [0.2, 0.25) is 0 Å². The summed E-state index contributed by atoms with van der Waals surface area (Å²) in [4.78, 5) is 25.9. The quantitative estimate of drug-likeness (QED) is 0.674. The number of hydrogen-bond acceptors (Lipinski definition) is 6. The van der Waals surface area contributed by atoms with Crippen molar-refractivity contribution in [2.24, 2.45) is 0 Å². The van der Waals surface area contributed by atoms with Crippen LogP contribution in [0.4, 0.5) is 17.2 Å². The van der Waals surface area contributed by atoms with Gasteiger partial charge in [0.2, 0.25) is 0 Å². The third-order valence-corrected chi connectivity index (χ3v) is 2.99. The predicted octanol–water partition coefficient (Wildman–Crippen LogP) is -0.275. The van der Waals surface area contributed by atoms with Gasteiger partial charge in [-0.15, -0.1) is 0 Å². The van der Waals surface area contributed by atoms with Crippen LogP contribution in [0, 0.1) is 0 Å². The van der Waals surface area contributed by atoms with E-state index >= 15 is 0 Å². The molecule has 0 bridgehead atoms. The van der Waals surface area contributed by atoms with E-state index in [0.29, 0.717) is 18.8 Å². The van der Waals surface area contributed by atoms with E-state index in [2.05, 4.69) is 15.4 Å². The maximum atomic E-state index is 11.9. The molecule has 0 aliphatic rings. The summed E-state index contributed by atoms with van der Waals surface area (Å²) in [6.07, 6.45) is 3.32. The Morgan fingerprint density at radius 1 is 1.48 bits per heavy atom.